The van der Waals surface area contributed by atoms with Crippen LogP contribution < -0.4 is 4.74 Å². The number of nitro groups is 1. The summed E-state index contributed by atoms with van der Waals surface area (Å²) in [7, 11) is 0. The highest BCUT2D eigenvalue weighted by Gasteiger charge is 2.09. The van der Waals surface area contributed by atoms with Crippen LogP contribution in [-0.4, -0.2) is 4.92 Å². The monoisotopic (exact) mass is 291 g/mol. The first-order valence-electron chi connectivity index (χ1n) is 6.24. The minimum absolute atomic E-state index is 0.0222. The Bertz CT molecular complexity index is 611. The summed E-state index contributed by atoms with van der Waals surface area (Å²) in [5, 5.41) is 11.0. The average molecular weight is 292 g/mol. The Kier molecular flexibility index (Phi) is 4.58. The smallest absolute Gasteiger partial charge is 0.270 e. The molecule has 0 heterocycles. The molecule has 2 rings (SSSR count). The number of non-ortho nitro benzene ring substituents is 1. The standard InChI is InChI=1S/C15H14ClNO3/c1-2-11-3-7-14(8-4-11)20-10-12-5-6-13(17(18)19)9-15(12)16/h3-9H,2,10H2,1H3. The molecule has 0 fully saturated rings. The molecule has 0 saturated carbocycles. The quantitative estimate of drug-likeness (QED) is 0.606. The number of ether oxygens (including phenoxy) is 1. The third-order valence-corrected chi connectivity index (χ3v) is 3.33. The second-order valence-corrected chi connectivity index (χ2v) is 4.73. The highest BCUT2D eigenvalue weighted by molar-refractivity contribution is 6.31. The zero-order valence-corrected chi connectivity index (χ0v) is 11.8. The molecule has 0 unspecified atom stereocenters. The van der Waals surface area contributed by atoms with E-state index in [9.17, 15) is 10.1 Å². The lowest BCUT2D eigenvalue weighted by Crippen LogP contribution is -1.97. The summed E-state index contributed by atoms with van der Waals surface area (Å²) < 4.78 is 5.62. The Morgan fingerprint density at radius 1 is 1.20 bits per heavy atom. The van der Waals surface area contributed by atoms with Crippen molar-refractivity contribution in [3.8, 4) is 5.75 Å². The molecule has 2 aromatic carbocycles. The van der Waals surface area contributed by atoms with E-state index in [0.717, 1.165) is 17.7 Å². The Morgan fingerprint density at radius 2 is 1.90 bits per heavy atom. The molecule has 104 valence electrons. The van der Waals surface area contributed by atoms with Crippen molar-refractivity contribution in [2.75, 3.05) is 0 Å². The second kappa shape index (κ2) is 6.39. The van der Waals surface area contributed by atoms with Gasteiger partial charge < -0.3 is 4.74 Å². The summed E-state index contributed by atoms with van der Waals surface area (Å²) in [6, 6.07) is 12.2. The van der Waals surface area contributed by atoms with Crippen molar-refractivity contribution < 1.29 is 9.66 Å². The maximum atomic E-state index is 10.6. The third kappa shape index (κ3) is 3.48. The van der Waals surface area contributed by atoms with Gasteiger partial charge in [-0.25, -0.2) is 0 Å². The van der Waals surface area contributed by atoms with E-state index < -0.39 is 4.92 Å². The highest BCUT2D eigenvalue weighted by Crippen LogP contribution is 2.24. The molecule has 0 saturated heterocycles. The molecule has 0 N–H and O–H groups in total. The van der Waals surface area contributed by atoms with Crippen LogP contribution in [0.5, 0.6) is 5.75 Å². The van der Waals surface area contributed by atoms with Gasteiger partial charge in [0, 0.05) is 17.7 Å². The fourth-order valence-electron chi connectivity index (χ4n) is 1.75. The van der Waals surface area contributed by atoms with Gasteiger partial charge in [-0.1, -0.05) is 30.7 Å². The molecular weight excluding hydrogens is 278 g/mol. The van der Waals surface area contributed by atoms with Gasteiger partial charge in [0.2, 0.25) is 0 Å². The Labute approximate surface area is 122 Å². The average Bonchev–Trinajstić information content (AvgIpc) is 2.46. The molecule has 4 nitrogen and oxygen atoms in total. The second-order valence-electron chi connectivity index (χ2n) is 4.32. The van der Waals surface area contributed by atoms with Gasteiger partial charge in [-0.15, -0.1) is 0 Å². The van der Waals surface area contributed by atoms with Crippen LogP contribution in [0.3, 0.4) is 0 Å². The number of benzene rings is 2. The number of hydrogen-bond acceptors (Lipinski definition) is 3. The van der Waals surface area contributed by atoms with Crippen LogP contribution in [0.25, 0.3) is 0 Å². The van der Waals surface area contributed by atoms with Gasteiger partial charge in [-0.3, -0.25) is 10.1 Å². The summed E-state index contributed by atoms with van der Waals surface area (Å²) in [6.45, 7) is 2.37. The molecule has 0 spiro atoms. The number of nitro benzene ring substituents is 1. The van der Waals surface area contributed by atoms with Gasteiger partial charge in [0.25, 0.3) is 5.69 Å². The van der Waals surface area contributed by atoms with E-state index in [-0.39, 0.29) is 12.3 Å². The Balaban J connectivity index is 2.04. The van der Waals surface area contributed by atoms with E-state index in [2.05, 4.69) is 6.92 Å². The summed E-state index contributed by atoms with van der Waals surface area (Å²) in [4.78, 5) is 10.1. The van der Waals surface area contributed by atoms with E-state index in [1.807, 2.05) is 24.3 Å². The third-order valence-electron chi connectivity index (χ3n) is 2.97. The fourth-order valence-corrected chi connectivity index (χ4v) is 1.98. The topological polar surface area (TPSA) is 52.4 Å². The molecule has 0 radical (unpaired) electrons. The van der Waals surface area contributed by atoms with Gasteiger partial charge in [0.15, 0.2) is 0 Å². The predicted octanol–water partition coefficient (Wildman–Crippen LogP) is 4.39. The van der Waals surface area contributed by atoms with E-state index in [1.54, 1.807) is 6.07 Å². The molecule has 0 bridgehead atoms. The molecule has 2 aromatic rings. The lowest BCUT2D eigenvalue weighted by molar-refractivity contribution is -0.384. The number of rotatable bonds is 5. The molecule has 0 amide bonds. The normalized spacial score (nSPS) is 10.3. The number of nitrogens with zero attached hydrogens (tertiary/aromatic N) is 1. The van der Waals surface area contributed by atoms with Crippen molar-refractivity contribution in [2.24, 2.45) is 0 Å². The number of hydrogen-bond donors (Lipinski definition) is 0. The van der Waals surface area contributed by atoms with Crippen molar-refractivity contribution in [3.63, 3.8) is 0 Å². The molecular formula is C15H14ClNO3. The van der Waals surface area contributed by atoms with Crippen LogP contribution in [0.2, 0.25) is 5.02 Å². The number of halogens is 1. The van der Waals surface area contributed by atoms with Gasteiger partial charge in [0.05, 0.1) is 9.95 Å². The van der Waals surface area contributed by atoms with Crippen molar-refractivity contribution in [1.29, 1.82) is 0 Å². The number of aryl methyl sites for hydroxylation is 1. The molecule has 5 heteroatoms. The minimum atomic E-state index is -0.472. The lowest BCUT2D eigenvalue weighted by Gasteiger charge is -2.08. The van der Waals surface area contributed by atoms with E-state index in [0.29, 0.717) is 5.02 Å². The van der Waals surface area contributed by atoms with Gasteiger partial charge in [-0.05, 0) is 30.2 Å². The van der Waals surface area contributed by atoms with Crippen molar-refractivity contribution in [1.82, 2.24) is 0 Å². The summed E-state index contributed by atoms with van der Waals surface area (Å²) >= 11 is 6.00. The Morgan fingerprint density at radius 3 is 2.45 bits per heavy atom. The van der Waals surface area contributed by atoms with Crippen LogP contribution in [0, 0.1) is 10.1 Å². The van der Waals surface area contributed by atoms with E-state index >= 15 is 0 Å². The SMILES string of the molecule is CCc1ccc(OCc2ccc([N+](=O)[O-])cc2Cl)cc1. The zero-order valence-electron chi connectivity index (χ0n) is 11.0. The summed E-state index contributed by atoms with van der Waals surface area (Å²) in [5.41, 5.74) is 1.94. The summed E-state index contributed by atoms with van der Waals surface area (Å²) in [6.07, 6.45) is 0.981. The van der Waals surface area contributed by atoms with Gasteiger partial charge in [-0.2, -0.15) is 0 Å². The zero-order chi connectivity index (χ0) is 14.5. The lowest BCUT2D eigenvalue weighted by atomic mass is 10.2. The fraction of sp³-hybridized carbons (Fsp3) is 0.200. The minimum Gasteiger partial charge on any atom is -0.489 e. The van der Waals surface area contributed by atoms with Crippen molar-refractivity contribution >= 4 is 17.3 Å². The molecule has 0 aromatic heterocycles. The maximum absolute atomic E-state index is 10.6. The molecule has 20 heavy (non-hydrogen) atoms. The van der Waals surface area contributed by atoms with Crippen LogP contribution in [0.1, 0.15) is 18.1 Å². The molecule has 0 aliphatic carbocycles. The molecule has 0 aliphatic heterocycles. The Hall–Kier alpha value is -2.07. The maximum Gasteiger partial charge on any atom is 0.270 e. The molecule has 0 atom stereocenters. The first-order valence-corrected chi connectivity index (χ1v) is 6.62. The largest absolute Gasteiger partial charge is 0.489 e. The van der Waals surface area contributed by atoms with E-state index in [1.165, 1.54) is 17.7 Å². The van der Waals surface area contributed by atoms with Gasteiger partial charge >= 0.3 is 0 Å². The predicted molar refractivity (Wildman–Crippen MR) is 78.3 cm³/mol. The van der Waals surface area contributed by atoms with Crippen molar-refractivity contribution in [2.45, 2.75) is 20.0 Å². The van der Waals surface area contributed by atoms with Crippen LogP contribution in [0.15, 0.2) is 42.5 Å². The van der Waals surface area contributed by atoms with Crippen molar-refractivity contribution in [3.05, 3.63) is 68.7 Å². The van der Waals surface area contributed by atoms with Crippen LogP contribution in [-0.2, 0) is 13.0 Å². The van der Waals surface area contributed by atoms with E-state index in [4.69, 9.17) is 16.3 Å². The first kappa shape index (κ1) is 14.3. The highest BCUT2D eigenvalue weighted by atomic mass is 35.5. The molecule has 0 aliphatic rings. The van der Waals surface area contributed by atoms with Crippen LogP contribution in [0.4, 0.5) is 5.69 Å². The summed E-state index contributed by atoms with van der Waals surface area (Å²) in [5.74, 6) is 0.747. The first-order chi connectivity index (χ1) is 9.60. The van der Waals surface area contributed by atoms with Gasteiger partial charge in [0.1, 0.15) is 12.4 Å². The van der Waals surface area contributed by atoms with Crippen LogP contribution >= 0.6 is 11.6 Å².